The molecule has 0 fully saturated rings. The first-order chi connectivity index (χ1) is 14.3. The number of hydrogen-bond acceptors (Lipinski definition) is 3. The molecule has 3 amide bonds. The van der Waals surface area contributed by atoms with Crippen LogP contribution in [0.3, 0.4) is 0 Å². The van der Waals surface area contributed by atoms with Crippen LogP contribution < -0.4 is 15.5 Å². The number of halogens is 1. The SMILES string of the molecule is COCCC(C)(C)NC(=O)Nc1ccc2c(c1)CCC(=O)N2Cc1ccc(Cl)cc1. The van der Waals surface area contributed by atoms with E-state index in [0.717, 1.165) is 16.8 Å². The Morgan fingerprint density at radius 2 is 1.90 bits per heavy atom. The Morgan fingerprint density at radius 1 is 1.17 bits per heavy atom. The van der Waals surface area contributed by atoms with Crippen LogP contribution in [0.4, 0.5) is 16.2 Å². The lowest BCUT2D eigenvalue weighted by atomic mass is 9.99. The van der Waals surface area contributed by atoms with Crippen molar-refractivity contribution < 1.29 is 14.3 Å². The second-order valence-corrected chi connectivity index (χ2v) is 8.59. The topological polar surface area (TPSA) is 70.7 Å². The van der Waals surface area contributed by atoms with Crippen molar-refractivity contribution in [2.75, 3.05) is 23.9 Å². The zero-order valence-electron chi connectivity index (χ0n) is 17.6. The number of anilines is 2. The number of rotatable bonds is 7. The third kappa shape index (κ3) is 5.74. The Hall–Kier alpha value is -2.57. The van der Waals surface area contributed by atoms with Crippen LogP contribution in [0.25, 0.3) is 0 Å². The van der Waals surface area contributed by atoms with Gasteiger partial charge in [0.25, 0.3) is 0 Å². The second kappa shape index (κ2) is 9.49. The van der Waals surface area contributed by atoms with Crippen molar-refractivity contribution in [1.82, 2.24) is 5.32 Å². The zero-order valence-corrected chi connectivity index (χ0v) is 18.4. The predicted octanol–water partition coefficient (Wildman–Crippen LogP) is 4.76. The maximum atomic E-state index is 12.5. The molecule has 0 unspecified atom stereocenters. The molecule has 2 N–H and O–H groups in total. The highest BCUT2D eigenvalue weighted by Crippen LogP contribution is 2.31. The molecule has 0 spiro atoms. The fraction of sp³-hybridized carbons (Fsp3) is 0.391. The first-order valence-electron chi connectivity index (χ1n) is 10.0. The van der Waals surface area contributed by atoms with Gasteiger partial charge in [-0.25, -0.2) is 4.79 Å². The van der Waals surface area contributed by atoms with Gasteiger partial charge in [0, 0.05) is 42.1 Å². The summed E-state index contributed by atoms with van der Waals surface area (Å²) in [6.07, 6.45) is 1.81. The summed E-state index contributed by atoms with van der Waals surface area (Å²) in [6, 6.07) is 12.9. The molecule has 2 aromatic rings. The van der Waals surface area contributed by atoms with E-state index in [0.29, 0.717) is 43.1 Å². The number of amides is 3. The fourth-order valence-electron chi connectivity index (χ4n) is 3.47. The summed E-state index contributed by atoms with van der Waals surface area (Å²) in [5.41, 5.74) is 3.26. The Morgan fingerprint density at radius 3 is 2.60 bits per heavy atom. The van der Waals surface area contributed by atoms with Gasteiger partial charge >= 0.3 is 6.03 Å². The molecule has 0 bridgehead atoms. The Bertz CT molecular complexity index is 912. The number of nitrogens with zero attached hydrogens (tertiary/aromatic N) is 1. The molecule has 6 nitrogen and oxygen atoms in total. The fourth-order valence-corrected chi connectivity index (χ4v) is 3.60. The number of ether oxygens (including phenoxy) is 1. The molecule has 0 aliphatic carbocycles. The van der Waals surface area contributed by atoms with Crippen LogP contribution in [-0.4, -0.2) is 31.2 Å². The highest BCUT2D eigenvalue weighted by Gasteiger charge is 2.25. The van der Waals surface area contributed by atoms with E-state index in [9.17, 15) is 9.59 Å². The number of benzene rings is 2. The van der Waals surface area contributed by atoms with E-state index in [1.807, 2.05) is 56.3 Å². The highest BCUT2D eigenvalue weighted by atomic mass is 35.5. The molecule has 0 saturated heterocycles. The van der Waals surface area contributed by atoms with Gasteiger partial charge in [0.1, 0.15) is 0 Å². The van der Waals surface area contributed by atoms with E-state index in [4.69, 9.17) is 16.3 Å². The molecule has 1 heterocycles. The lowest BCUT2D eigenvalue weighted by Crippen LogP contribution is -2.46. The van der Waals surface area contributed by atoms with E-state index < -0.39 is 0 Å². The first-order valence-corrected chi connectivity index (χ1v) is 10.4. The molecular weight excluding hydrogens is 402 g/mol. The third-order valence-corrected chi connectivity index (χ3v) is 5.43. The lowest BCUT2D eigenvalue weighted by molar-refractivity contribution is -0.119. The number of aryl methyl sites for hydroxylation is 1. The van der Waals surface area contributed by atoms with Gasteiger partial charge in [-0.2, -0.15) is 0 Å². The van der Waals surface area contributed by atoms with Crippen LogP contribution in [0.1, 0.15) is 37.8 Å². The number of urea groups is 1. The van der Waals surface area contributed by atoms with Gasteiger partial charge in [-0.15, -0.1) is 0 Å². The Balaban J connectivity index is 1.70. The molecule has 1 aliphatic heterocycles. The van der Waals surface area contributed by atoms with Gasteiger partial charge in [-0.1, -0.05) is 23.7 Å². The van der Waals surface area contributed by atoms with Crippen molar-refractivity contribution in [1.29, 1.82) is 0 Å². The molecule has 3 rings (SSSR count). The minimum atomic E-state index is -0.379. The molecule has 7 heteroatoms. The van der Waals surface area contributed by atoms with E-state index in [2.05, 4.69) is 10.6 Å². The van der Waals surface area contributed by atoms with Crippen molar-refractivity contribution >= 4 is 34.9 Å². The maximum absolute atomic E-state index is 12.5. The summed E-state index contributed by atoms with van der Waals surface area (Å²) >= 11 is 5.96. The van der Waals surface area contributed by atoms with Gasteiger partial charge in [0.15, 0.2) is 0 Å². The minimum absolute atomic E-state index is 0.0933. The van der Waals surface area contributed by atoms with E-state index in [1.165, 1.54) is 0 Å². The number of methoxy groups -OCH3 is 1. The maximum Gasteiger partial charge on any atom is 0.319 e. The van der Waals surface area contributed by atoms with Crippen molar-refractivity contribution in [2.24, 2.45) is 0 Å². The Kier molecular flexibility index (Phi) is 7.00. The van der Waals surface area contributed by atoms with Gasteiger partial charge in [-0.3, -0.25) is 4.79 Å². The smallest absolute Gasteiger partial charge is 0.319 e. The normalized spacial score (nSPS) is 13.7. The van der Waals surface area contributed by atoms with Gasteiger partial charge < -0.3 is 20.3 Å². The summed E-state index contributed by atoms with van der Waals surface area (Å²) in [7, 11) is 1.64. The van der Waals surface area contributed by atoms with Crippen LogP contribution in [0.2, 0.25) is 5.02 Å². The molecule has 1 aliphatic rings. The zero-order chi connectivity index (χ0) is 21.7. The second-order valence-electron chi connectivity index (χ2n) is 8.16. The minimum Gasteiger partial charge on any atom is -0.385 e. The van der Waals surface area contributed by atoms with Crippen LogP contribution in [0, 0.1) is 0 Å². The predicted molar refractivity (Wildman–Crippen MR) is 120 cm³/mol. The van der Waals surface area contributed by atoms with E-state index >= 15 is 0 Å². The molecular formula is C23H28ClN3O3. The summed E-state index contributed by atoms with van der Waals surface area (Å²) < 4.78 is 5.10. The lowest BCUT2D eigenvalue weighted by Gasteiger charge is -2.30. The Labute approximate surface area is 182 Å². The van der Waals surface area contributed by atoms with E-state index in [-0.39, 0.29) is 17.5 Å². The summed E-state index contributed by atoms with van der Waals surface area (Å²) in [6.45, 7) is 4.98. The number of nitrogens with one attached hydrogen (secondary N) is 2. The molecule has 0 atom stereocenters. The molecule has 2 aromatic carbocycles. The van der Waals surface area contributed by atoms with Gasteiger partial charge in [0.05, 0.1) is 6.54 Å². The van der Waals surface area contributed by atoms with Gasteiger partial charge in [-0.05, 0) is 68.1 Å². The van der Waals surface area contributed by atoms with Crippen molar-refractivity contribution in [3.05, 3.63) is 58.6 Å². The molecule has 160 valence electrons. The average molecular weight is 430 g/mol. The monoisotopic (exact) mass is 429 g/mol. The van der Waals surface area contributed by atoms with Crippen LogP contribution in [-0.2, 0) is 22.5 Å². The number of carbonyl (C=O) groups is 2. The number of fused-ring (bicyclic) bond motifs is 1. The van der Waals surface area contributed by atoms with Crippen LogP contribution >= 0.6 is 11.6 Å². The highest BCUT2D eigenvalue weighted by molar-refractivity contribution is 6.30. The molecule has 30 heavy (non-hydrogen) atoms. The molecule has 0 radical (unpaired) electrons. The number of hydrogen-bond donors (Lipinski definition) is 2. The third-order valence-electron chi connectivity index (χ3n) is 5.17. The van der Waals surface area contributed by atoms with Crippen molar-refractivity contribution in [2.45, 2.75) is 45.2 Å². The van der Waals surface area contributed by atoms with Crippen molar-refractivity contribution in [3.63, 3.8) is 0 Å². The molecule has 0 aromatic heterocycles. The summed E-state index contributed by atoms with van der Waals surface area (Å²) in [5.74, 6) is 0.0933. The van der Waals surface area contributed by atoms with Gasteiger partial charge in [0.2, 0.25) is 5.91 Å². The average Bonchev–Trinajstić information content (AvgIpc) is 2.69. The van der Waals surface area contributed by atoms with Crippen LogP contribution in [0.15, 0.2) is 42.5 Å². The quantitative estimate of drug-likeness (QED) is 0.666. The standard InChI is InChI=1S/C23H28ClN3O3/c1-23(2,12-13-30-3)26-22(29)25-19-9-10-20-17(14-19)6-11-21(28)27(20)15-16-4-7-18(24)8-5-16/h4-5,7-10,14H,6,11-13,15H2,1-3H3,(H2,25,26,29). The molecule has 0 saturated carbocycles. The summed E-state index contributed by atoms with van der Waals surface area (Å²) in [5, 5.41) is 6.53. The first kappa shape index (κ1) is 22.1. The summed E-state index contributed by atoms with van der Waals surface area (Å²) in [4.78, 5) is 26.7. The van der Waals surface area contributed by atoms with E-state index in [1.54, 1.807) is 12.0 Å². The van der Waals surface area contributed by atoms with Crippen LogP contribution in [0.5, 0.6) is 0 Å². The number of carbonyl (C=O) groups excluding carboxylic acids is 2. The van der Waals surface area contributed by atoms with Crippen molar-refractivity contribution in [3.8, 4) is 0 Å². The largest absolute Gasteiger partial charge is 0.385 e.